The Morgan fingerprint density at radius 3 is 2.33 bits per heavy atom. The molecule has 0 unspecified atom stereocenters. The van der Waals surface area contributed by atoms with E-state index >= 15 is 0 Å². The van der Waals surface area contributed by atoms with Crippen molar-refractivity contribution in [2.45, 2.75) is 128 Å². The first-order valence-electron chi connectivity index (χ1n) is 16.6. The maximum atomic E-state index is 6.16. The number of imidazole rings is 1. The van der Waals surface area contributed by atoms with Gasteiger partial charge in [0.15, 0.2) is 17.0 Å². The van der Waals surface area contributed by atoms with E-state index in [9.17, 15) is 0 Å². The first kappa shape index (κ1) is 29.5. The lowest BCUT2D eigenvalue weighted by molar-refractivity contribution is 0.203. The molecule has 0 amide bonds. The van der Waals surface area contributed by atoms with Gasteiger partial charge >= 0.3 is 0 Å². The van der Waals surface area contributed by atoms with Crippen molar-refractivity contribution in [3.8, 4) is 0 Å². The monoisotopic (exact) mass is 553 g/mol. The molecule has 1 aliphatic heterocycles. The van der Waals surface area contributed by atoms with Crippen LogP contribution in [0.1, 0.15) is 116 Å². The molecule has 9 heteroatoms. The quantitative estimate of drug-likeness (QED) is 0.247. The van der Waals surface area contributed by atoms with E-state index in [1.165, 1.54) is 90.3 Å². The van der Waals surface area contributed by atoms with Crippen LogP contribution in [0.15, 0.2) is 6.33 Å². The Labute approximate surface area is 242 Å². The molecule has 2 aromatic heterocycles. The molecule has 2 saturated carbocycles. The Hall–Kier alpha value is -1.97. The summed E-state index contributed by atoms with van der Waals surface area (Å²) in [4.78, 5) is 17.5. The third kappa shape index (κ3) is 7.85. The molecular formula is C31H55N9. The van der Waals surface area contributed by atoms with Crippen molar-refractivity contribution in [1.82, 2.24) is 29.4 Å². The van der Waals surface area contributed by atoms with E-state index in [1.54, 1.807) is 0 Å². The van der Waals surface area contributed by atoms with Crippen LogP contribution in [0.5, 0.6) is 0 Å². The molecule has 3 heterocycles. The van der Waals surface area contributed by atoms with Crippen molar-refractivity contribution in [2.24, 2.45) is 11.7 Å². The average molecular weight is 554 g/mol. The van der Waals surface area contributed by atoms with Crippen molar-refractivity contribution in [3.63, 3.8) is 0 Å². The minimum absolute atomic E-state index is 0.335. The minimum atomic E-state index is 0.335. The van der Waals surface area contributed by atoms with Gasteiger partial charge in [-0.1, -0.05) is 39.5 Å². The van der Waals surface area contributed by atoms with Crippen molar-refractivity contribution < 1.29 is 0 Å². The zero-order valence-electron chi connectivity index (χ0n) is 25.3. The van der Waals surface area contributed by atoms with Crippen molar-refractivity contribution >= 4 is 22.9 Å². The predicted molar refractivity (Wildman–Crippen MR) is 165 cm³/mol. The smallest absolute Gasteiger partial charge is 0.227 e. The number of hydrazine groups is 1. The van der Waals surface area contributed by atoms with E-state index in [0.29, 0.717) is 18.1 Å². The molecule has 0 bridgehead atoms. The zero-order valence-corrected chi connectivity index (χ0v) is 25.3. The lowest BCUT2D eigenvalue weighted by atomic mass is 9.92. The Kier molecular flexibility index (Phi) is 10.9. The normalized spacial score (nSPS) is 23.4. The molecule has 40 heavy (non-hydrogen) atoms. The highest BCUT2D eigenvalue weighted by Crippen LogP contribution is 2.34. The van der Waals surface area contributed by atoms with Gasteiger partial charge in [0, 0.05) is 31.2 Å². The number of nitrogens with two attached hydrogens (primary N) is 1. The van der Waals surface area contributed by atoms with E-state index in [-0.39, 0.29) is 0 Å². The van der Waals surface area contributed by atoms with Crippen LogP contribution in [-0.2, 0) is 0 Å². The number of hydrogen-bond donors (Lipinski definition) is 3. The summed E-state index contributed by atoms with van der Waals surface area (Å²) in [6.07, 6.45) is 20.4. The summed E-state index contributed by atoms with van der Waals surface area (Å²) < 4.78 is 2.31. The molecule has 0 atom stereocenters. The first-order valence-corrected chi connectivity index (χ1v) is 16.6. The van der Waals surface area contributed by atoms with E-state index in [4.69, 9.17) is 20.7 Å². The Bertz CT molecular complexity index is 1010. The maximum absolute atomic E-state index is 6.16. The number of nitrogens with zero attached hydrogens (tertiary/aromatic N) is 6. The molecule has 2 aliphatic carbocycles. The van der Waals surface area contributed by atoms with Gasteiger partial charge in [-0.15, -0.1) is 0 Å². The van der Waals surface area contributed by atoms with Gasteiger partial charge in [-0.25, -0.2) is 9.99 Å². The van der Waals surface area contributed by atoms with Gasteiger partial charge in [0.25, 0.3) is 0 Å². The third-order valence-corrected chi connectivity index (χ3v) is 9.54. The average Bonchev–Trinajstić information content (AvgIpc) is 3.64. The van der Waals surface area contributed by atoms with Crippen molar-refractivity contribution in [1.29, 1.82) is 0 Å². The summed E-state index contributed by atoms with van der Waals surface area (Å²) in [5, 5.41) is 6.02. The fraction of sp³-hybridized carbons (Fsp3) is 0.839. The molecular weight excluding hydrogens is 498 g/mol. The highest BCUT2D eigenvalue weighted by atomic mass is 15.5. The topological polar surface area (TPSA) is 100 Å². The molecule has 1 saturated heterocycles. The van der Waals surface area contributed by atoms with Gasteiger partial charge in [-0.05, 0) is 96.2 Å². The van der Waals surface area contributed by atoms with Gasteiger partial charge in [0.1, 0.15) is 0 Å². The van der Waals surface area contributed by atoms with Crippen LogP contribution in [-0.4, -0.2) is 74.2 Å². The molecule has 0 radical (unpaired) electrons. The molecule has 0 spiro atoms. The third-order valence-electron chi connectivity index (χ3n) is 9.54. The van der Waals surface area contributed by atoms with Crippen LogP contribution in [0, 0.1) is 5.92 Å². The SMILES string of the molecule is CCCN(CCC)CCCCC1CCN(Nc2nc(NC3CCC(N)CC3)nc3c2ncn3C2CCCC2)CC1. The number of anilines is 2. The van der Waals surface area contributed by atoms with Gasteiger partial charge in [-0.2, -0.15) is 9.97 Å². The number of unbranched alkanes of at least 4 members (excludes halogenated alkanes) is 1. The predicted octanol–water partition coefficient (Wildman–Crippen LogP) is 5.95. The van der Waals surface area contributed by atoms with Crippen LogP contribution in [0.2, 0.25) is 0 Å². The van der Waals surface area contributed by atoms with Gasteiger partial charge < -0.3 is 25.9 Å². The summed E-state index contributed by atoms with van der Waals surface area (Å²) in [6.45, 7) is 10.5. The second-order valence-corrected chi connectivity index (χ2v) is 12.8. The van der Waals surface area contributed by atoms with Gasteiger partial charge in [0.2, 0.25) is 5.95 Å². The summed E-state index contributed by atoms with van der Waals surface area (Å²) in [7, 11) is 0. The van der Waals surface area contributed by atoms with E-state index in [0.717, 1.165) is 67.6 Å². The van der Waals surface area contributed by atoms with Crippen molar-refractivity contribution in [3.05, 3.63) is 6.33 Å². The summed E-state index contributed by atoms with van der Waals surface area (Å²) in [5.74, 6) is 2.41. The lowest BCUT2D eigenvalue weighted by Gasteiger charge is -2.32. The Balaban J connectivity index is 1.18. The molecule has 3 aliphatic rings. The van der Waals surface area contributed by atoms with Crippen molar-refractivity contribution in [2.75, 3.05) is 43.5 Å². The van der Waals surface area contributed by atoms with Gasteiger partial charge in [0.05, 0.1) is 6.33 Å². The van der Waals surface area contributed by atoms with Crippen LogP contribution in [0.3, 0.4) is 0 Å². The Morgan fingerprint density at radius 2 is 1.62 bits per heavy atom. The van der Waals surface area contributed by atoms with E-state index in [2.05, 4.69) is 39.1 Å². The number of rotatable bonds is 14. The Morgan fingerprint density at radius 1 is 0.900 bits per heavy atom. The van der Waals surface area contributed by atoms with Gasteiger partial charge in [-0.3, -0.25) is 0 Å². The number of hydrogen-bond acceptors (Lipinski definition) is 8. The highest BCUT2D eigenvalue weighted by molar-refractivity contribution is 5.84. The first-order chi connectivity index (χ1) is 19.6. The molecule has 0 aromatic carbocycles. The zero-order chi connectivity index (χ0) is 27.7. The van der Waals surface area contributed by atoms with Crippen LogP contribution in [0.25, 0.3) is 11.2 Å². The summed E-state index contributed by atoms with van der Waals surface area (Å²) >= 11 is 0. The number of fused-ring (bicyclic) bond motifs is 1. The summed E-state index contributed by atoms with van der Waals surface area (Å²) in [6, 6.07) is 1.22. The van der Waals surface area contributed by atoms with Crippen LogP contribution in [0.4, 0.5) is 11.8 Å². The molecule has 9 nitrogen and oxygen atoms in total. The second kappa shape index (κ2) is 14.8. The fourth-order valence-electron chi connectivity index (χ4n) is 7.17. The largest absolute Gasteiger partial charge is 0.351 e. The molecule has 3 fully saturated rings. The maximum Gasteiger partial charge on any atom is 0.227 e. The molecule has 224 valence electrons. The van der Waals surface area contributed by atoms with E-state index < -0.39 is 0 Å². The second-order valence-electron chi connectivity index (χ2n) is 12.8. The standard InChI is InChI=1S/C31H55N9/c1-3-18-38(19-4-2)20-8-7-9-24-16-21-39(22-17-24)37-29-28-30(40(23-33-28)27-10-5-6-11-27)36-31(35-29)34-26-14-12-25(32)13-15-26/h23-27H,3-22,32H2,1-2H3,(H2,34,35,36,37). The van der Waals surface area contributed by atoms with Crippen LogP contribution < -0.4 is 16.5 Å². The fourth-order valence-corrected chi connectivity index (χ4v) is 7.17. The molecule has 2 aromatic rings. The minimum Gasteiger partial charge on any atom is -0.351 e. The lowest BCUT2D eigenvalue weighted by Crippen LogP contribution is -2.38. The van der Waals surface area contributed by atoms with E-state index in [1.807, 2.05) is 6.33 Å². The molecule has 5 rings (SSSR count). The number of nitrogens with one attached hydrogen (secondary N) is 2. The molecule has 4 N–H and O–H groups in total. The number of piperidine rings is 1. The van der Waals surface area contributed by atoms with Crippen LogP contribution >= 0.6 is 0 Å². The number of aromatic nitrogens is 4. The highest BCUT2D eigenvalue weighted by Gasteiger charge is 2.25. The summed E-state index contributed by atoms with van der Waals surface area (Å²) in [5.41, 5.74) is 11.7.